The van der Waals surface area contributed by atoms with E-state index in [-0.39, 0.29) is 12.5 Å². The predicted molar refractivity (Wildman–Crippen MR) is 83.7 cm³/mol. The molecule has 23 heavy (non-hydrogen) atoms. The summed E-state index contributed by atoms with van der Waals surface area (Å²) in [5, 5.41) is 10.7. The van der Waals surface area contributed by atoms with Crippen LogP contribution in [0.15, 0.2) is 48.7 Å². The van der Waals surface area contributed by atoms with Crippen molar-refractivity contribution in [1.29, 1.82) is 0 Å². The van der Waals surface area contributed by atoms with Crippen molar-refractivity contribution in [2.24, 2.45) is 0 Å². The van der Waals surface area contributed by atoms with Gasteiger partial charge >= 0.3 is 0 Å². The van der Waals surface area contributed by atoms with E-state index in [1.54, 1.807) is 6.20 Å². The number of hydrogen-bond acceptors (Lipinski definition) is 4. The number of aromatic nitrogens is 3. The lowest BCUT2D eigenvalue weighted by molar-refractivity contribution is 0.574. The summed E-state index contributed by atoms with van der Waals surface area (Å²) in [7, 11) is 0. The molecule has 2 aromatic carbocycles. The fourth-order valence-corrected chi connectivity index (χ4v) is 2.21. The highest BCUT2D eigenvalue weighted by Crippen LogP contribution is 2.20. The molecule has 1 heterocycles. The van der Waals surface area contributed by atoms with Crippen LogP contribution in [-0.2, 0) is 6.54 Å². The molecule has 0 bridgehead atoms. The van der Waals surface area contributed by atoms with E-state index >= 15 is 0 Å². The minimum absolute atomic E-state index is 0.144. The Morgan fingerprint density at radius 3 is 2.70 bits per heavy atom. The average Bonchev–Trinajstić information content (AvgIpc) is 2.55. The summed E-state index contributed by atoms with van der Waals surface area (Å²) in [4.78, 5) is 4.38. The van der Waals surface area contributed by atoms with E-state index in [1.807, 2.05) is 31.2 Å². The second kappa shape index (κ2) is 6.48. The molecule has 3 aromatic rings. The summed E-state index contributed by atoms with van der Waals surface area (Å²) < 4.78 is 26.5. The van der Waals surface area contributed by atoms with E-state index in [4.69, 9.17) is 0 Å². The molecule has 0 saturated heterocycles. The number of nitrogens with one attached hydrogen (secondary N) is 1. The van der Waals surface area contributed by atoms with Crippen LogP contribution < -0.4 is 5.32 Å². The monoisotopic (exact) mass is 312 g/mol. The number of hydrogen-bond donors (Lipinski definition) is 1. The Morgan fingerprint density at radius 1 is 1.09 bits per heavy atom. The van der Waals surface area contributed by atoms with Gasteiger partial charge in [-0.15, -0.1) is 5.10 Å². The number of halogens is 2. The molecule has 4 nitrogen and oxygen atoms in total. The summed E-state index contributed by atoms with van der Waals surface area (Å²) in [5.41, 5.74) is 3.04. The first-order valence-electron chi connectivity index (χ1n) is 7.07. The maximum Gasteiger partial charge on any atom is 0.243 e. The van der Waals surface area contributed by atoms with Gasteiger partial charge in [0, 0.05) is 23.7 Å². The zero-order chi connectivity index (χ0) is 16.2. The Kier molecular flexibility index (Phi) is 4.23. The van der Waals surface area contributed by atoms with Crippen molar-refractivity contribution in [3.8, 4) is 11.3 Å². The molecule has 0 atom stereocenters. The minimum atomic E-state index is -0.611. The van der Waals surface area contributed by atoms with E-state index < -0.39 is 11.6 Å². The van der Waals surface area contributed by atoms with Crippen molar-refractivity contribution in [3.05, 3.63) is 71.4 Å². The third kappa shape index (κ3) is 3.48. The molecule has 116 valence electrons. The van der Waals surface area contributed by atoms with Gasteiger partial charge in [0.2, 0.25) is 5.95 Å². The maximum absolute atomic E-state index is 13.6. The molecular formula is C17H14F2N4. The number of benzene rings is 2. The third-order valence-corrected chi connectivity index (χ3v) is 3.43. The summed E-state index contributed by atoms with van der Waals surface area (Å²) in [6.07, 6.45) is 1.58. The highest BCUT2D eigenvalue weighted by molar-refractivity contribution is 5.63. The van der Waals surface area contributed by atoms with Gasteiger partial charge in [-0.1, -0.05) is 30.3 Å². The fraction of sp³-hybridized carbons (Fsp3) is 0.118. The maximum atomic E-state index is 13.6. The highest BCUT2D eigenvalue weighted by atomic mass is 19.1. The van der Waals surface area contributed by atoms with Crippen molar-refractivity contribution in [2.75, 3.05) is 5.32 Å². The Morgan fingerprint density at radius 2 is 1.91 bits per heavy atom. The first-order valence-corrected chi connectivity index (χ1v) is 7.07. The van der Waals surface area contributed by atoms with Crippen LogP contribution in [0.1, 0.15) is 11.1 Å². The molecule has 0 saturated carbocycles. The lowest BCUT2D eigenvalue weighted by Crippen LogP contribution is -2.07. The summed E-state index contributed by atoms with van der Waals surface area (Å²) in [6.45, 7) is 2.13. The highest BCUT2D eigenvalue weighted by Gasteiger charge is 2.07. The van der Waals surface area contributed by atoms with Crippen LogP contribution in [0.2, 0.25) is 0 Å². The fourth-order valence-electron chi connectivity index (χ4n) is 2.21. The van der Waals surface area contributed by atoms with Gasteiger partial charge in [0.1, 0.15) is 11.6 Å². The lowest BCUT2D eigenvalue weighted by Gasteiger charge is -2.08. The molecule has 0 aliphatic carbocycles. The number of rotatable bonds is 4. The van der Waals surface area contributed by atoms with Crippen molar-refractivity contribution in [3.63, 3.8) is 0 Å². The van der Waals surface area contributed by atoms with E-state index in [2.05, 4.69) is 20.5 Å². The number of aryl methyl sites for hydroxylation is 1. The second-order valence-electron chi connectivity index (χ2n) is 5.07. The molecule has 0 fully saturated rings. The van der Waals surface area contributed by atoms with Crippen LogP contribution in [0.3, 0.4) is 0 Å². The largest absolute Gasteiger partial charge is 0.349 e. The Labute approximate surface area is 132 Å². The molecular weight excluding hydrogens is 298 g/mol. The van der Waals surface area contributed by atoms with Crippen LogP contribution in [0.5, 0.6) is 0 Å². The third-order valence-electron chi connectivity index (χ3n) is 3.43. The molecule has 1 N–H and O–H groups in total. The topological polar surface area (TPSA) is 50.7 Å². The van der Waals surface area contributed by atoms with E-state index in [9.17, 15) is 8.78 Å². The molecule has 3 rings (SSSR count). The number of anilines is 1. The van der Waals surface area contributed by atoms with Gasteiger partial charge in [-0.2, -0.15) is 5.10 Å². The van der Waals surface area contributed by atoms with Gasteiger partial charge in [0.05, 0.1) is 11.9 Å². The molecule has 1 aromatic heterocycles. The van der Waals surface area contributed by atoms with Crippen LogP contribution in [0.25, 0.3) is 11.3 Å². The molecule has 0 spiro atoms. The standard InChI is InChI=1S/C17H14F2N4/c1-11-4-2-3-5-14(11)16-10-21-23-17(22-16)20-9-12-6-7-13(18)8-15(12)19/h2-8,10H,9H2,1H3,(H,20,22,23). The molecule has 0 radical (unpaired) electrons. The summed E-state index contributed by atoms with van der Waals surface area (Å²) in [5.74, 6) is -0.930. The Balaban J connectivity index is 1.79. The second-order valence-corrected chi connectivity index (χ2v) is 5.07. The Bertz CT molecular complexity index is 836. The number of nitrogens with zero attached hydrogens (tertiary/aromatic N) is 3. The smallest absolute Gasteiger partial charge is 0.243 e. The van der Waals surface area contributed by atoms with Crippen LogP contribution in [-0.4, -0.2) is 15.2 Å². The van der Waals surface area contributed by atoms with Gasteiger partial charge in [-0.05, 0) is 18.6 Å². The van der Waals surface area contributed by atoms with Crippen molar-refractivity contribution in [2.45, 2.75) is 13.5 Å². The molecule has 0 aliphatic heterocycles. The molecule has 0 unspecified atom stereocenters. The SMILES string of the molecule is Cc1ccccc1-c1cnnc(NCc2ccc(F)cc2F)n1. The lowest BCUT2D eigenvalue weighted by atomic mass is 10.1. The van der Waals surface area contributed by atoms with Gasteiger partial charge in [-0.25, -0.2) is 13.8 Å². The first kappa shape index (κ1) is 15.0. The van der Waals surface area contributed by atoms with Gasteiger partial charge in [-0.3, -0.25) is 0 Å². The van der Waals surface area contributed by atoms with Crippen molar-refractivity contribution in [1.82, 2.24) is 15.2 Å². The first-order chi connectivity index (χ1) is 11.1. The van der Waals surface area contributed by atoms with Gasteiger partial charge < -0.3 is 5.32 Å². The quantitative estimate of drug-likeness (QED) is 0.797. The van der Waals surface area contributed by atoms with Crippen LogP contribution in [0, 0.1) is 18.6 Å². The molecule has 0 aliphatic rings. The van der Waals surface area contributed by atoms with E-state index in [0.717, 1.165) is 17.2 Å². The Hall–Kier alpha value is -2.89. The zero-order valence-electron chi connectivity index (χ0n) is 12.4. The molecule has 0 amide bonds. The summed E-state index contributed by atoms with van der Waals surface area (Å²) in [6, 6.07) is 11.2. The summed E-state index contributed by atoms with van der Waals surface area (Å²) >= 11 is 0. The van der Waals surface area contributed by atoms with Crippen molar-refractivity contribution >= 4 is 5.95 Å². The predicted octanol–water partition coefficient (Wildman–Crippen LogP) is 3.74. The zero-order valence-corrected chi connectivity index (χ0v) is 12.4. The van der Waals surface area contributed by atoms with E-state index in [0.29, 0.717) is 11.3 Å². The van der Waals surface area contributed by atoms with Gasteiger partial charge in [0.15, 0.2) is 0 Å². The van der Waals surface area contributed by atoms with Gasteiger partial charge in [0.25, 0.3) is 0 Å². The minimum Gasteiger partial charge on any atom is -0.349 e. The normalized spacial score (nSPS) is 10.6. The van der Waals surface area contributed by atoms with Crippen LogP contribution in [0.4, 0.5) is 14.7 Å². The van der Waals surface area contributed by atoms with Crippen LogP contribution >= 0.6 is 0 Å². The average molecular weight is 312 g/mol. The van der Waals surface area contributed by atoms with Crippen molar-refractivity contribution < 1.29 is 8.78 Å². The molecule has 6 heteroatoms. The van der Waals surface area contributed by atoms with E-state index in [1.165, 1.54) is 12.1 Å².